The molecule has 2 heterocycles. The van der Waals surface area contributed by atoms with Crippen molar-refractivity contribution < 1.29 is 27.5 Å². The number of nitrogens with one attached hydrogen (secondary N) is 1. The predicted molar refractivity (Wildman–Crippen MR) is 128 cm³/mol. The quantitative estimate of drug-likeness (QED) is 0.467. The minimum atomic E-state index is -3.52. The zero-order chi connectivity index (χ0) is 24.0. The maximum absolute atomic E-state index is 12.6. The van der Waals surface area contributed by atoms with Gasteiger partial charge in [0.2, 0.25) is 0 Å². The van der Waals surface area contributed by atoms with Gasteiger partial charge in [-0.1, -0.05) is 24.3 Å². The van der Waals surface area contributed by atoms with Gasteiger partial charge in [-0.25, -0.2) is 8.42 Å². The van der Waals surface area contributed by atoms with E-state index in [1.54, 1.807) is 41.8 Å². The summed E-state index contributed by atoms with van der Waals surface area (Å²) in [7, 11) is -3.52. The Morgan fingerprint density at radius 1 is 0.941 bits per heavy atom. The zero-order valence-corrected chi connectivity index (χ0v) is 19.9. The van der Waals surface area contributed by atoms with Crippen molar-refractivity contribution in [2.75, 3.05) is 25.0 Å². The Kier molecular flexibility index (Phi) is 7.61. The van der Waals surface area contributed by atoms with E-state index in [1.807, 2.05) is 30.3 Å². The van der Waals surface area contributed by atoms with Crippen LogP contribution in [0.15, 0.2) is 76.3 Å². The van der Waals surface area contributed by atoms with Crippen LogP contribution in [-0.4, -0.2) is 44.3 Å². The highest BCUT2D eigenvalue weighted by molar-refractivity contribution is 7.91. The van der Waals surface area contributed by atoms with Gasteiger partial charge in [0.25, 0.3) is 15.9 Å². The van der Waals surface area contributed by atoms with Gasteiger partial charge in [0.15, 0.2) is 6.61 Å². The molecule has 1 N–H and O–H groups in total. The number of para-hydroxylation sites is 1. The third kappa shape index (κ3) is 6.02. The normalized spacial score (nSPS) is 14.9. The first kappa shape index (κ1) is 23.9. The third-order valence-corrected chi connectivity index (χ3v) is 8.61. The molecule has 1 saturated heterocycles. The van der Waals surface area contributed by atoms with E-state index in [2.05, 4.69) is 5.32 Å². The van der Waals surface area contributed by atoms with E-state index in [0.29, 0.717) is 34.2 Å². The molecule has 34 heavy (non-hydrogen) atoms. The van der Waals surface area contributed by atoms with E-state index in [1.165, 1.54) is 15.6 Å². The monoisotopic (exact) mass is 500 g/mol. The van der Waals surface area contributed by atoms with Crippen molar-refractivity contribution in [1.29, 1.82) is 0 Å². The van der Waals surface area contributed by atoms with Crippen LogP contribution in [0.4, 0.5) is 5.69 Å². The molecule has 1 amide bonds. The van der Waals surface area contributed by atoms with Gasteiger partial charge in [0.1, 0.15) is 15.7 Å². The van der Waals surface area contributed by atoms with E-state index in [0.717, 1.165) is 0 Å². The lowest BCUT2D eigenvalue weighted by molar-refractivity contribution is -0.152. The van der Waals surface area contributed by atoms with Crippen molar-refractivity contribution in [1.82, 2.24) is 4.31 Å². The summed E-state index contributed by atoms with van der Waals surface area (Å²) >= 11 is 1.17. The molecule has 0 unspecified atom stereocenters. The molecule has 1 aliphatic heterocycles. The summed E-state index contributed by atoms with van der Waals surface area (Å²) in [6.45, 7) is 0.0714. The van der Waals surface area contributed by atoms with E-state index in [9.17, 15) is 18.0 Å². The summed E-state index contributed by atoms with van der Waals surface area (Å²) in [6.07, 6.45) is 0.710. The highest BCUT2D eigenvalue weighted by atomic mass is 32.2. The Morgan fingerprint density at radius 3 is 2.26 bits per heavy atom. The SMILES string of the molecule is O=C(COC(=O)C1CCN(S(=O)(=O)c2cccs2)CC1)Nc1ccc(Oc2ccccc2)cc1. The van der Waals surface area contributed by atoms with Gasteiger partial charge in [-0.05, 0) is 60.7 Å². The number of hydrogen-bond donors (Lipinski definition) is 1. The van der Waals surface area contributed by atoms with Crippen LogP contribution in [0.2, 0.25) is 0 Å². The number of sulfonamides is 1. The molecule has 3 aromatic rings. The van der Waals surface area contributed by atoms with Crippen molar-refractivity contribution in [2.45, 2.75) is 17.1 Å². The summed E-state index contributed by atoms with van der Waals surface area (Å²) < 4.78 is 37.7. The average molecular weight is 501 g/mol. The maximum atomic E-state index is 12.6. The fourth-order valence-electron chi connectivity index (χ4n) is 3.55. The first-order valence-electron chi connectivity index (χ1n) is 10.7. The van der Waals surface area contributed by atoms with E-state index < -0.39 is 34.4 Å². The second-order valence-electron chi connectivity index (χ2n) is 7.71. The van der Waals surface area contributed by atoms with E-state index in [-0.39, 0.29) is 13.1 Å². The standard InChI is InChI=1S/C24H24N2O6S2/c27-22(25-19-8-10-21(11-9-19)32-20-5-2-1-3-6-20)17-31-24(28)18-12-14-26(15-13-18)34(29,30)23-7-4-16-33-23/h1-11,16,18H,12-15,17H2,(H,25,27). The molecule has 0 spiro atoms. The smallest absolute Gasteiger partial charge is 0.309 e. The minimum absolute atomic E-state index is 0.240. The van der Waals surface area contributed by atoms with Crippen LogP contribution in [0.5, 0.6) is 11.5 Å². The number of hydrogen-bond acceptors (Lipinski definition) is 7. The number of piperidine rings is 1. The lowest BCUT2D eigenvalue weighted by Crippen LogP contribution is -2.40. The average Bonchev–Trinajstić information content (AvgIpc) is 3.41. The summed E-state index contributed by atoms with van der Waals surface area (Å²) in [5.74, 6) is -0.0427. The van der Waals surface area contributed by atoms with Crippen molar-refractivity contribution in [3.05, 3.63) is 72.1 Å². The van der Waals surface area contributed by atoms with Crippen LogP contribution in [0.1, 0.15) is 12.8 Å². The molecule has 0 aliphatic carbocycles. The summed E-state index contributed by atoms with van der Waals surface area (Å²) in [6, 6.07) is 19.5. The number of esters is 1. The van der Waals surface area contributed by atoms with Crippen molar-refractivity contribution in [3.8, 4) is 11.5 Å². The van der Waals surface area contributed by atoms with E-state index >= 15 is 0 Å². The molecule has 1 fully saturated rings. The number of rotatable bonds is 8. The van der Waals surface area contributed by atoms with Crippen molar-refractivity contribution >= 4 is 38.9 Å². The molecule has 4 rings (SSSR count). The van der Waals surface area contributed by atoms with Gasteiger partial charge < -0.3 is 14.8 Å². The van der Waals surface area contributed by atoms with Crippen molar-refractivity contribution in [2.24, 2.45) is 5.92 Å². The molecule has 0 radical (unpaired) electrons. The second-order valence-corrected chi connectivity index (χ2v) is 10.8. The number of ether oxygens (including phenoxy) is 2. The number of anilines is 1. The molecule has 178 valence electrons. The number of amides is 1. The topological polar surface area (TPSA) is 102 Å². The van der Waals surface area contributed by atoms with Gasteiger partial charge >= 0.3 is 5.97 Å². The van der Waals surface area contributed by atoms with Gasteiger partial charge in [-0.3, -0.25) is 9.59 Å². The number of thiophene rings is 1. The molecule has 1 aromatic heterocycles. The molecule has 2 aromatic carbocycles. The van der Waals surface area contributed by atoms with Crippen molar-refractivity contribution in [3.63, 3.8) is 0 Å². The minimum Gasteiger partial charge on any atom is -0.457 e. The number of carbonyl (C=O) groups excluding carboxylic acids is 2. The fourth-order valence-corrected chi connectivity index (χ4v) is 6.17. The Bertz CT molecular complexity index is 1200. The Balaban J connectivity index is 1.20. The lowest BCUT2D eigenvalue weighted by Gasteiger charge is -2.29. The molecule has 10 heteroatoms. The molecular weight excluding hydrogens is 476 g/mol. The second kappa shape index (κ2) is 10.8. The highest BCUT2D eigenvalue weighted by Crippen LogP contribution is 2.27. The van der Waals surface area contributed by atoms with Crippen LogP contribution >= 0.6 is 11.3 Å². The van der Waals surface area contributed by atoms with E-state index in [4.69, 9.17) is 9.47 Å². The Labute approximate surface area is 202 Å². The van der Waals surface area contributed by atoms with Crippen LogP contribution in [0, 0.1) is 5.92 Å². The third-order valence-electron chi connectivity index (χ3n) is 5.34. The summed E-state index contributed by atoms with van der Waals surface area (Å²) in [5, 5.41) is 4.39. The molecule has 1 aliphatic rings. The highest BCUT2D eigenvalue weighted by Gasteiger charge is 2.33. The fraction of sp³-hybridized carbons (Fsp3) is 0.250. The van der Waals surface area contributed by atoms with Crippen LogP contribution in [-0.2, 0) is 24.3 Å². The molecule has 0 bridgehead atoms. The summed E-state index contributed by atoms with van der Waals surface area (Å²) in [5.41, 5.74) is 0.550. The molecule has 8 nitrogen and oxygen atoms in total. The van der Waals surface area contributed by atoms with Crippen LogP contribution < -0.4 is 10.1 Å². The van der Waals surface area contributed by atoms with Crippen LogP contribution in [0.3, 0.4) is 0 Å². The molecule has 0 saturated carbocycles. The lowest BCUT2D eigenvalue weighted by atomic mass is 9.98. The van der Waals surface area contributed by atoms with Gasteiger partial charge in [0.05, 0.1) is 5.92 Å². The largest absolute Gasteiger partial charge is 0.457 e. The Morgan fingerprint density at radius 2 is 1.62 bits per heavy atom. The van der Waals surface area contributed by atoms with Crippen LogP contribution in [0.25, 0.3) is 0 Å². The summed E-state index contributed by atoms with van der Waals surface area (Å²) in [4.78, 5) is 24.6. The first-order chi connectivity index (χ1) is 16.4. The number of nitrogens with zero attached hydrogens (tertiary/aromatic N) is 1. The molecule has 0 atom stereocenters. The van der Waals surface area contributed by atoms with Gasteiger partial charge in [-0.15, -0.1) is 11.3 Å². The predicted octanol–water partition coefficient (Wildman–Crippen LogP) is 4.12. The molecular formula is C24H24N2O6S2. The van der Waals surface area contributed by atoms with Gasteiger partial charge in [-0.2, -0.15) is 4.31 Å². The first-order valence-corrected chi connectivity index (χ1v) is 13.1. The Hall–Kier alpha value is -3.21. The number of benzene rings is 2. The number of carbonyl (C=O) groups is 2. The maximum Gasteiger partial charge on any atom is 0.309 e. The zero-order valence-electron chi connectivity index (χ0n) is 18.3. The van der Waals surface area contributed by atoms with Gasteiger partial charge in [0, 0.05) is 18.8 Å².